The molecule has 0 aromatic carbocycles. The summed E-state index contributed by atoms with van der Waals surface area (Å²) < 4.78 is 0. The monoisotopic (exact) mass is 178 g/mol. The fourth-order valence-electron chi connectivity index (χ4n) is 0. The van der Waals surface area contributed by atoms with E-state index in [4.69, 9.17) is 0 Å². The molecular formula is AlMnTi2. The average Bonchev–Trinajstić information content (AvgIpc) is 0. The minimum Gasteiger partial charge on any atom is 0 e. The molecule has 4 radical (unpaired) electrons. The smallest absolute Gasteiger partial charge is 0 e. The maximum absolute atomic E-state index is 0. The first-order valence-electron chi connectivity index (χ1n) is 0. The first-order valence-corrected chi connectivity index (χ1v) is 0. The number of hydrogen-bond donors (Lipinski definition) is 0. The Morgan fingerprint density at radius 1 is 0.750 bits per heavy atom. The molecule has 18 valence electrons. The molecule has 0 bridgehead atoms. The molecule has 0 nitrogen and oxygen atoms in total. The third-order valence-electron chi connectivity index (χ3n) is 0. The Hall–Kier alpha value is 2.48. The number of hydrogen-bond acceptors (Lipinski definition) is 0. The van der Waals surface area contributed by atoms with Crippen molar-refractivity contribution in [3.63, 3.8) is 0 Å². The molecular weight excluding hydrogens is 178 g/mol. The third-order valence-corrected chi connectivity index (χ3v) is 0. The SMILES string of the molecule is [Al].[Mn].[Ti].[Ti]. The molecule has 0 aromatic heterocycles. The largest absolute Gasteiger partial charge is 0 e. The fourth-order valence-corrected chi connectivity index (χ4v) is 0. The predicted molar refractivity (Wildman–Crippen MR) is 5.75 cm³/mol. The van der Waals surface area contributed by atoms with Gasteiger partial charge in [0.1, 0.15) is 0 Å². The Bertz CT molecular complexity index is 6.00. The van der Waals surface area contributed by atoms with Crippen LogP contribution in [0.1, 0.15) is 0 Å². The average molecular weight is 178 g/mol. The van der Waals surface area contributed by atoms with E-state index in [-0.39, 0.29) is 77.9 Å². The molecule has 0 saturated heterocycles. The van der Waals surface area contributed by atoms with Gasteiger partial charge in [-0.15, -0.1) is 0 Å². The van der Waals surface area contributed by atoms with E-state index in [9.17, 15) is 0 Å². The second-order valence-corrected chi connectivity index (χ2v) is 0. The van der Waals surface area contributed by atoms with Crippen LogP contribution in [0.4, 0.5) is 0 Å². The molecule has 0 aliphatic heterocycles. The number of rotatable bonds is 0. The molecule has 0 atom stereocenters. The van der Waals surface area contributed by atoms with Gasteiger partial charge in [0.15, 0.2) is 0 Å². The van der Waals surface area contributed by atoms with Gasteiger partial charge in [0.25, 0.3) is 0 Å². The molecule has 0 spiro atoms. The molecule has 0 amide bonds. The molecule has 0 heterocycles. The summed E-state index contributed by atoms with van der Waals surface area (Å²) in [5, 5.41) is 0. The standard InChI is InChI=1S/Al.Mn.2Ti. The van der Waals surface area contributed by atoms with Crippen LogP contribution in [0.3, 0.4) is 0 Å². The minimum atomic E-state index is 0. The molecule has 0 rings (SSSR count). The Morgan fingerprint density at radius 3 is 0.750 bits per heavy atom. The molecule has 0 aliphatic rings. The summed E-state index contributed by atoms with van der Waals surface area (Å²) in [7, 11) is 0. The first-order chi connectivity index (χ1) is 0. The Balaban J connectivity index is 0. The van der Waals surface area contributed by atoms with Crippen molar-refractivity contribution in [3.05, 3.63) is 0 Å². The van der Waals surface area contributed by atoms with Crippen molar-refractivity contribution in [3.8, 4) is 0 Å². The summed E-state index contributed by atoms with van der Waals surface area (Å²) in [5.41, 5.74) is 0. The van der Waals surface area contributed by atoms with Crippen LogP contribution in [0, 0.1) is 0 Å². The zero-order valence-electron chi connectivity index (χ0n) is 1.96. The quantitative estimate of drug-likeness (QED) is 0.443. The molecule has 4 heteroatoms. The van der Waals surface area contributed by atoms with Crippen LogP contribution in [0.5, 0.6) is 0 Å². The summed E-state index contributed by atoms with van der Waals surface area (Å²) >= 11 is 0. The summed E-state index contributed by atoms with van der Waals surface area (Å²) in [6.45, 7) is 0. The second kappa shape index (κ2) is 17.9. The van der Waals surface area contributed by atoms with Gasteiger partial charge in [0, 0.05) is 77.9 Å². The van der Waals surface area contributed by atoms with Gasteiger partial charge in [-0.2, -0.15) is 0 Å². The van der Waals surface area contributed by atoms with Crippen LogP contribution in [0.25, 0.3) is 0 Å². The van der Waals surface area contributed by atoms with Crippen molar-refractivity contribution < 1.29 is 60.5 Å². The van der Waals surface area contributed by atoms with Gasteiger partial charge in [-0.05, 0) is 0 Å². The van der Waals surface area contributed by atoms with Gasteiger partial charge in [0.2, 0.25) is 0 Å². The molecule has 0 N–H and O–H groups in total. The van der Waals surface area contributed by atoms with E-state index in [2.05, 4.69) is 0 Å². The normalized spacial score (nSPS) is 0. The molecule has 0 saturated carbocycles. The Kier molecular flexibility index (Phi) is 141. The molecule has 0 aliphatic carbocycles. The first kappa shape index (κ1) is 31.6. The van der Waals surface area contributed by atoms with E-state index < -0.39 is 0 Å². The molecule has 0 fully saturated rings. The van der Waals surface area contributed by atoms with Crippen LogP contribution < -0.4 is 0 Å². The van der Waals surface area contributed by atoms with Crippen molar-refractivity contribution in [2.24, 2.45) is 0 Å². The van der Waals surface area contributed by atoms with Crippen molar-refractivity contribution >= 4 is 17.4 Å². The van der Waals surface area contributed by atoms with Crippen LogP contribution in [0.2, 0.25) is 0 Å². The van der Waals surface area contributed by atoms with Gasteiger partial charge in [-0.25, -0.2) is 0 Å². The third kappa shape index (κ3) is 8.82. The van der Waals surface area contributed by atoms with Gasteiger partial charge in [-0.1, -0.05) is 0 Å². The zero-order valence-corrected chi connectivity index (χ0v) is 7.41. The summed E-state index contributed by atoms with van der Waals surface area (Å²) in [6.07, 6.45) is 0. The van der Waals surface area contributed by atoms with Gasteiger partial charge < -0.3 is 0 Å². The van der Waals surface area contributed by atoms with Crippen LogP contribution in [-0.2, 0) is 60.5 Å². The van der Waals surface area contributed by atoms with E-state index in [1.807, 2.05) is 0 Å². The zero-order chi connectivity index (χ0) is 0. The van der Waals surface area contributed by atoms with Gasteiger partial charge in [-0.3, -0.25) is 0 Å². The molecule has 0 aromatic rings. The second-order valence-electron chi connectivity index (χ2n) is 0. The molecule has 4 heavy (non-hydrogen) atoms. The van der Waals surface area contributed by atoms with Crippen molar-refractivity contribution in [1.82, 2.24) is 0 Å². The van der Waals surface area contributed by atoms with E-state index >= 15 is 0 Å². The van der Waals surface area contributed by atoms with Gasteiger partial charge in [0.05, 0.1) is 0 Å². The van der Waals surface area contributed by atoms with Crippen LogP contribution in [-0.4, -0.2) is 17.4 Å². The van der Waals surface area contributed by atoms with Crippen molar-refractivity contribution in [2.45, 2.75) is 0 Å². The minimum absolute atomic E-state index is 0. The maximum Gasteiger partial charge on any atom is 0 e. The Morgan fingerprint density at radius 2 is 0.750 bits per heavy atom. The van der Waals surface area contributed by atoms with E-state index in [0.29, 0.717) is 0 Å². The van der Waals surface area contributed by atoms with E-state index in [1.165, 1.54) is 0 Å². The predicted octanol–water partition coefficient (Wildman–Crippen LogP) is -0.388. The van der Waals surface area contributed by atoms with Crippen LogP contribution >= 0.6 is 0 Å². The summed E-state index contributed by atoms with van der Waals surface area (Å²) in [6, 6.07) is 0. The maximum atomic E-state index is 0. The van der Waals surface area contributed by atoms with Crippen molar-refractivity contribution in [1.29, 1.82) is 0 Å². The summed E-state index contributed by atoms with van der Waals surface area (Å²) in [5.74, 6) is 0. The fraction of sp³-hybridized carbons (Fsp3) is 0. The summed E-state index contributed by atoms with van der Waals surface area (Å²) in [4.78, 5) is 0. The molecule has 0 unspecified atom stereocenters. The Labute approximate surface area is 76.8 Å². The topological polar surface area (TPSA) is 0 Å². The van der Waals surface area contributed by atoms with Crippen LogP contribution in [0.15, 0.2) is 0 Å². The van der Waals surface area contributed by atoms with Crippen molar-refractivity contribution in [2.75, 3.05) is 0 Å². The van der Waals surface area contributed by atoms with E-state index in [0.717, 1.165) is 0 Å². The van der Waals surface area contributed by atoms with Gasteiger partial charge >= 0.3 is 0 Å². The van der Waals surface area contributed by atoms with E-state index in [1.54, 1.807) is 0 Å².